The summed E-state index contributed by atoms with van der Waals surface area (Å²) >= 11 is 0. The van der Waals surface area contributed by atoms with Gasteiger partial charge in [0.2, 0.25) is 5.91 Å². The molecule has 1 saturated heterocycles. The van der Waals surface area contributed by atoms with Crippen LogP contribution in [0.5, 0.6) is 0 Å². The Balaban J connectivity index is 2.46. The third-order valence-corrected chi connectivity index (χ3v) is 3.40. The van der Waals surface area contributed by atoms with E-state index in [0.29, 0.717) is 6.07 Å². The van der Waals surface area contributed by atoms with E-state index in [-0.39, 0.29) is 17.5 Å². The van der Waals surface area contributed by atoms with Gasteiger partial charge in [-0.3, -0.25) is 14.5 Å². The molecule has 0 bridgehead atoms. The lowest BCUT2D eigenvalue weighted by Crippen LogP contribution is -2.64. The summed E-state index contributed by atoms with van der Waals surface area (Å²) in [4.78, 5) is 25.4. The van der Waals surface area contributed by atoms with E-state index in [1.165, 1.54) is 13.0 Å². The van der Waals surface area contributed by atoms with Crippen LogP contribution in [0.4, 0.5) is 14.5 Å². The van der Waals surface area contributed by atoms with Gasteiger partial charge in [-0.2, -0.15) is 0 Å². The number of benzene rings is 1. The summed E-state index contributed by atoms with van der Waals surface area (Å²) < 4.78 is 26.8. The van der Waals surface area contributed by atoms with E-state index in [4.69, 9.17) is 0 Å². The average Bonchev–Trinajstić information content (AvgIpc) is 2.36. The molecule has 2 amide bonds. The summed E-state index contributed by atoms with van der Waals surface area (Å²) in [5.74, 6) is -2.45. The zero-order valence-electron chi connectivity index (χ0n) is 11.5. The highest BCUT2D eigenvalue weighted by molar-refractivity contribution is 6.08. The van der Waals surface area contributed by atoms with Crippen LogP contribution in [-0.4, -0.2) is 23.9 Å². The van der Waals surface area contributed by atoms with Crippen molar-refractivity contribution in [1.29, 1.82) is 0 Å². The van der Waals surface area contributed by atoms with Crippen molar-refractivity contribution in [2.45, 2.75) is 32.9 Å². The van der Waals surface area contributed by atoms with Crippen molar-refractivity contribution in [3.8, 4) is 0 Å². The molecule has 108 valence electrons. The molecule has 1 aromatic carbocycles. The van der Waals surface area contributed by atoms with Crippen molar-refractivity contribution in [2.75, 3.05) is 4.90 Å². The fourth-order valence-electron chi connectivity index (χ4n) is 2.25. The summed E-state index contributed by atoms with van der Waals surface area (Å²) in [7, 11) is 0. The highest BCUT2D eigenvalue weighted by Crippen LogP contribution is 2.26. The van der Waals surface area contributed by atoms with Gasteiger partial charge in [-0.1, -0.05) is 13.8 Å². The van der Waals surface area contributed by atoms with Crippen LogP contribution in [0.25, 0.3) is 0 Å². The largest absolute Gasteiger partial charge is 0.342 e. The molecule has 6 heteroatoms. The zero-order valence-corrected chi connectivity index (χ0v) is 11.5. The second-order valence-corrected chi connectivity index (χ2v) is 5.21. The van der Waals surface area contributed by atoms with Gasteiger partial charge in [0.05, 0.1) is 5.69 Å². The standard InChI is InChI=1S/C14H16F2N2O2/c1-7(2)12-14(20)18(8(3)13(19)17-12)11-5-4-9(15)6-10(11)16/h4-8,12H,1-3H3,(H,17,19). The number of piperazine rings is 1. The first kappa shape index (κ1) is 14.4. The van der Waals surface area contributed by atoms with Gasteiger partial charge in [0, 0.05) is 6.07 Å². The number of carbonyl (C=O) groups is 2. The number of hydrogen-bond donors (Lipinski definition) is 1. The number of rotatable bonds is 2. The molecule has 20 heavy (non-hydrogen) atoms. The lowest BCUT2D eigenvalue weighted by Gasteiger charge is -2.38. The lowest BCUT2D eigenvalue weighted by atomic mass is 9.97. The summed E-state index contributed by atoms with van der Waals surface area (Å²) in [5, 5.41) is 2.62. The second-order valence-electron chi connectivity index (χ2n) is 5.21. The highest BCUT2D eigenvalue weighted by Gasteiger charge is 2.41. The minimum atomic E-state index is -0.859. The molecule has 0 aromatic heterocycles. The Morgan fingerprint density at radius 2 is 1.90 bits per heavy atom. The maximum Gasteiger partial charge on any atom is 0.250 e. The monoisotopic (exact) mass is 282 g/mol. The van der Waals surface area contributed by atoms with Gasteiger partial charge >= 0.3 is 0 Å². The van der Waals surface area contributed by atoms with Crippen LogP contribution in [-0.2, 0) is 9.59 Å². The number of carbonyl (C=O) groups excluding carboxylic acids is 2. The van der Waals surface area contributed by atoms with Crippen LogP contribution in [0.1, 0.15) is 20.8 Å². The predicted octanol–water partition coefficient (Wildman–Crippen LogP) is 1.84. The van der Waals surface area contributed by atoms with E-state index in [1.54, 1.807) is 13.8 Å². The molecule has 1 aliphatic heterocycles. The highest BCUT2D eigenvalue weighted by atomic mass is 19.1. The van der Waals surface area contributed by atoms with Gasteiger partial charge < -0.3 is 5.32 Å². The molecule has 0 spiro atoms. The SMILES string of the molecule is CC(C)C1NC(=O)C(C)N(c2ccc(F)cc2F)C1=O. The fraction of sp³-hybridized carbons (Fsp3) is 0.429. The minimum absolute atomic E-state index is 0.0793. The van der Waals surface area contributed by atoms with Crippen molar-refractivity contribution < 1.29 is 18.4 Å². The summed E-state index contributed by atoms with van der Waals surface area (Å²) in [5.41, 5.74) is -0.0793. The van der Waals surface area contributed by atoms with E-state index in [2.05, 4.69) is 5.32 Å². The van der Waals surface area contributed by atoms with Crippen LogP contribution in [0.2, 0.25) is 0 Å². The van der Waals surface area contributed by atoms with Gasteiger partial charge in [-0.05, 0) is 25.0 Å². The van der Waals surface area contributed by atoms with E-state index in [9.17, 15) is 18.4 Å². The maximum atomic E-state index is 13.9. The van der Waals surface area contributed by atoms with E-state index in [0.717, 1.165) is 11.0 Å². The molecule has 1 heterocycles. The van der Waals surface area contributed by atoms with Crippen molar-refractivity contribution >= 4 is 17.5 Å². The molecule has 2 rings (SSSR count). The second kappa shape index (κ2) is 5.19. The molecule has 1 aromatic rings. The molecule has 4 nitrogen and oxygen atoms in total. The van der Waals surface area contributed by atoms with E-state index >= 15 is 0 Å². The van der Waals surface area contributed by atoms with E-state index in [1.807, 2.05) is 0 Å². The number of nitrogens with zero attached hydrogens (tertiary/aromatic N) is 1. The van der Waals surface area contributed by atoms with Gasteiger partial charge in [0.15, 0.2) is 0 Å². The third kappa shape index (κ3) is 2.37. The van der Waals surface area contributed by atoms with Gasteiger partial charge in [0.25, 0.3) is 5.91 Å². The lowest BCUT2D eigenvalue weighted by molar-refractivity contribution is -0.134. The molecule has 0 radical (unpaired) electrons. The van der Waals surface area contributed by atoms with Gasteiger partial charge in [-0.25, -0.2) is 8.78 Å². The van der Waals surface area contributed by atoms with Crippen LogP contribution >= 0.6 is 0 Å². The molecule has 2 unspecified atom stereocenters. The van der Waals surface area contributed by atoms with Crippen LogP contribution in [0.3, 0.4) is 0 Å². The number of amides is 2. The quantitative estimate of drug-likeness (QED) is 0.900. The Kier molecular flexibility index (Phi) is 3.74. The Hall–Kier alpha value is -1.98. The minimum Gasteiger partial charge on any atom is -0.342 e. The fourth-order valence-corrected chi connectivity index (χ4v) is 2.25. The van der Waals surface area contributed by atoms with Crippen LogP contribution in [0.15, 0.2) is 18.2 Å². The predicted molar refractivity (Wildman–Crippen MR) is 70.1 cm³/mol. The van der Waals surface area contributed by atoms with Gasteiger partial charge in [-0.15, -0.1) is 0 Å². The molecule has 1 aliphatic rings. The van der Waals surface area contributed by atoms with Crippen molar-refractivity contribution in [1.82, 2.24) is 5.32 Å². The smallest absolute Gasteiger partial charge is 0.250 e. The molecule has 1 N–H and O–H groups in total. The maximum absolute atomic E-state index is 13.9. The van der Waals surface area contributed by atoms with E-state index < -0.39 is 29.6 Å². The van der Waals surface area contributed by atoms with Gasteiger partial charge in [0.1, 0.15) is 23.7 Å². The zero-order chi connectivity index (χ0) is 15.0. The first-order chi connectivity index (χ1) is 9.32. The molecular weight excluding hydrogens is 266 g/mol. The average molecular weight is 282 g/mol. The summed E-state index contributed by atoms with van der Waals surface area (Å²) in [6, 6.07) is 1.40. The van der Waals surface area contributed by atoms with Crippen molar-refractivity contribution in [2.24, 2.45) is 5.92 Å². The first-order valence-corrected chi connectivity index (χ1v) is 6.41. The molecular formula is C14H16F2N2O2. The normalized spacial score (nSPS) is 23.2. The Morgan fingerprint density at radius 3 is 2.45 bits per heavy atom. The summed E-state index contributed by atoms with van der Waals surface area (Å²) in [6.45, 7) is 5.09. The Labute approximate surface area is 115 Å². The molecule has 2 atom stereocenters. The molecule has 0 aliphatic carbocycles. The Morgan fingerprint density at radius 1 is 1.25 bits per heavy atom. The Bertz CT molecular complexity index is 560. The number of halogens is 2. The number of hydrogen-bond acceptors (Lipinski definition) is 2. The summed E-state index contributed by atoms with van der Waals surface area (Å²) in [6.07, 6.45) is 0. The third-order valence-electron chi connectivity index (χ3n) is 3.40. The first-order valence-electron chi connectivity index (χ1n) is 6.41. The molecule has 1 fully saturated rings. The van der Waals surface area contributed by atoms with Crippen LogP contribution in [0, 0.1) is 17.6 Å². The number of nitrogens with one attached hydrogen (secondary N) is 1. The topological polar surface area (TPSA) is 49.4 Å². The van der Waals surface area contributed by atoms with Crippen molar-refractivity contribution in [3.05, 3.63) is 29.8 Å². The van der Waals surface area contributed by atoms with Crippen molar-refractivity contribution in [3.63, 3.8) is 0 Å². The molecule has 0 saturated carbocycles. The van der Waals surface area contributed by atoms with Crippen LogP contribution < -0.4 is 10.2 Å². The number of anilines is 1.